The first-order valence-electron chi connectivity index (χ1n) is 8.71. The molecule has 0 atom stereocenters. The van der Waals surface area contributed by atoms with Crippen molar-refractivity contribution in [1.82, 2.24) is 0 Å². The molecule has 2 heteroatoms. The first kappa shape index (κ1) is 16.1. The van der Waals surface area contributed by atoms with Gasteiger partial charge in [0.05, 0.1) is 0 Å². The summed E-state index contributed by atoms with van der Waals surface area (Å²) >= 11 is 0. The van der Waals surface area contributed by atoms with E-state index in [1.807, 2.05) is 0 Å². The predicted molar refractivity (Wildman–Crippen MR) is 96.3 cm³/mol. The van der Waals surface area contributed by atoms with E-state index in [9.17, 15) is 0 Å². The second-order valence-corrected chi connectivity index (χ2v) is 9.80. The third-order valence-electron chi connectivity index (χ3n) is 6.80. The lowest BCUT2D eigenvalue weighted by Gasteiger charge is -2.57. The zero-order valence-electron chi connectivity index (χ0n) is 15.6. The molecule has 0 radical (unpaired) electrons. The number of benzene rings is 1. The molecule has 0 saturated carbocycles. The lowest BCUT2D eigenvalue weighted by Crippen LogP contribution is -2.66. The van der Waals surface area contributed by atoms with Gasteiger partial charge in [0.25, 0.3) is 0 Å². The molecule has 22 heavy (non-hydrogen) atoms. The molecule has 1 aliphatic heterocycles. The molecule has 120 valence electrons. The van der Waals surface area contributed by atoms with Gasteiger partial charge < -0.3 is 4.65 Å². The summed E-state index contributed by atoms with van der Waals surface area (Å²) in [6, 6.07) is 7.12. The minimum Gasteiger partial charge on any atom is -0.425 e. The molecule has 0 amide bonds. The molecule has 0 bridgehead atoms. The third-order valence-corrected chi connectivity index (χ3v) is 6.80. The Morgan fingerprint density at radius 1 is 0.818 bits per heavy atom. The van der Waals surface area contributed by atoms with Crippen LogP contribution in [0.1, 0.15) is 79.4 Å². The minimum absolute atomic E-state index is 0.0393. The van der Waals surface area contributed by atoms with Gasteiger partial charge in [0.2, 0.25) is 0 Å². The zero-order chi connectivity index (χ0) is 16.6. The highest BCUT2D eigenvalue weighted by Crippen LogP contribution is 2.53. The SMILES string of the molecule is CC1(C)CCC(C)(C)c2cc(B3OC(C)(C)C3(C)C)ccc21. The molecule has 3 rings (SSSR count). The van der Waals surface area contributed by atoms with Gasteiger partial charge in [-0.05, 0) is 54.1 Å². The second kappa shape index (κ2) is 4.41. The topological polar surface area (TPSA) is 9.23 Å². The molecule has 1 fully saturated rings. The molecule has 0 aromatic heterocycles. The van der Waals surface area contributed by atoms with Crippen molar-refractivity contribution in [2.45, 2.75) is 90.0 Å². The van der Waals surface area contributed by atoms with Crippen LogP contribution in [0.5, 0.6) is 0 Å². The number of hydrogen-bond donors (Lipinski definition) is 0. The van der Waals surface area contributed by atoms with Crippen molar-refractivity contribution >= 4 is 12.4 Å². The first-order chi connectivity index (χ1) is 9.88. The van der Waals surface area contributed by atoms with Gasteiger partial charge in [-0.25, -0.2) is 0 Å². The minimum atomic E-state index is -0.0393. The van der Waals surface area contributed by atoms with Crippen LogP contribution in [0.2, 0.25) is 5.31 Å². The maximum atomic E-state index is 6.24. The average Bonchev–Trinajstić information content (AvgIpc) is 2.41. The van der Waals surface area contributed by atoms with Gasteiger partial charge in [0, 0.05) is 10.9 Å². The first-order valence-corrected chi connectivity index (χ1v) is 8.71. The Morgan fingerprint density at radius 2 is 1.36 bits per heavy atom. The summed E-state index contributed by atoms with van der Waals surface area (Å²) in [6.07, 6.45) is 2.53. The lowest BCUT2D eigenvalue weighted by atomic mass is 9.33. The summed E-state index contributed by atoms with van der Waals surface area (Å²) in [7, 11) is 0. The summed E-state index contributed by atoms with van der Waals surface area (Å²) in [4.78, 5) is 0. The van der Waals surface area contributed by atoms with Crippen LogP contribution in [-0.4, -0.2) is 12.5 Å². The van der Waals surface area contributed by atoms with Gasteiger partial charge in [0.1, 0.15) is 0 Å². The maximum Gasteiger partial charge on any atom is 0.335 e. The normalized spacial score (nSPS) is 27.0. The molecule has 1 aromatic rings. The van der Waals surface area contributed by atoms with E-state index in [-0.39, 0.29) is 23.2 Å². The van der Waals surface area contributed by atoms with Crippen LogP contribution in [0.4, 0.5) is 0 Å². The summed E-state index contributed by atoms with van der Waals surface area (Å²) < 4.78 is 6.24. The smallest absolute Gasteiger partial charge is 0.335 e. The van der Waals surface area contributed by atoms with Crippen molar-refractivity contribution in [1.29, 1.82) is 0 Å². The second-order valence-electron chi connectivity index (χ2n) is 9.80. The number of rotatable bonds is 1. The fourth-order valence-corrected chi connectivity index (χ4v) is 4.11. The highest BCUT2D eigenvalue weighted by molar-refractivity contribution is 6.73. The maximum absolute atomic E-state index is 6.24. The molecule has 1 nitrogen and oxygen atoms in total. The van der Waals surface area contributed by atoms with Crippen LogP contribution in [0.25, 0.3) is 0 Å². The van der Waals surface area contributed by atoms with Gasteiger partial charge in [-0.1, -0.05) is 59.7 Å². The van der Waals surface area contributed by atoms with E-state index in [1.165, 1.54) is 29.4 Å². The Labute approximate surface area is 137 Å². The molecule has 0 spiro atoms. The summed E-state index contributed by atoms with van der Waals surface area (Å²) in [5.74, 6) is 0. The molecule has 2 aliphatic rings. The van der Waals surface area contributed by atoms with Crippen LogP contribution >= 0.6 is 0 Å². The van der Waals surface area contributed by atoms with Crippen molar-refractivity contribution in [3.05, 3.63) is 29.3 Å². The Balaban J connectivity index is 2.05. The molecule has 1 aliphatic carbocycles. The van der Waals surface area contributed by atoms with Gasteiger partial charge in [-0.3, -0.25) is 0 Å². The predicted octanol–water partition coefficient (Wildman–Crippen LogP) is 4.82. The van der Waals surface area contributed by atoms with Crippen molar-refractivity contribution < 1.29 is 4.65 Å². The van der Waals surface area contributed by atoms with E-state index >= 15 is 0 Å². The Hall–Kier alpha value is -0.755. The van der Waals surface area contributed by atoms with Crippen LogP contribution < -0.4 is 5.46 Å². The average molecular weight is 298 g/mol. The van der Waals surface area contributed by atoms with E-state index in [0.717, 1.165) is 0 Å². The Kier molecular flexibility index (Phi) is 3.23. The number of fused-ring (bicyclic) bond motifs is 1. The van der Waals surface area contributed by atoms with Crippen LogP contribution in [0, 0.1) is 0 Å². The van der Waals surface area contributed by atoms with E-state index in [4.69, 9.17) is 4.65 Å². The van der Waals surface area contributed by atoms with Gasteiger partial charge in [-0.2, -0.15) is 0 Å². The quantitative estimate of drug-likeness (QED) is 0.675. The lowest BCUT2D eigenvalue weighted by molar-refractivity contribution is -0.00941. The molecule has 1 saturated heterocycles. The van der Waals surface area contributed by atoms with Gasteiger partial charge in [0.15, 0.2) is 0 Å². The monoisotopic (exact) mass is 298 g/mol. The van der Waals surface area contributed by atoms with Gasteiger partial charge in [-0.15, -0.1) is 0 Å². The Bertz CT molecular complexity index is 610. The highest BCUT2D eigenvalue weighted by Gasteiger charge is 2.59. The van der Waals surface area contributed by atoms with E-state index in [2.05, 4.69) is 73.6 Å². The van der Waals surface area contributed by atoms with E-state index in [0.29, 0.717) is 5.41 Å². The van der Waals surface area contributed by atoms with Gasteiger partial charge >= 0.3 is 6.92 Å². The fraction of sp³-hybridized carbons (Fsp3) is 0.700. The van der Waals surface area contributed by atoms with Crippen LogP contribution in [0.3, 0.4) is 0 Å². The molecule has 0 unspecified atom stereocenters. The number of hydrogen-bond acceptors (Lipinski definition) is 1. The standard InChI is InChI=1S/C20H31BO/c1-17(2)11-12-18(3,4)16-13-14(9-10-15(16)17)21-19(5,6)20(7,8)22-21/h9-10,13H,11-12H2,1-8H3. The molecular formula is C20H31BO. The van der Waals surface area contributed by atoms with Crippen LogP contribution in [0.15, 0.2) is 18.2 Å². The van der Waals surface area contributed by atoms with Crippen molar-refractivity contribution in [2.75, 3.05) is 0 Å². The van der Waals surface area contributed by atoms with Crippen molar-refractivity contribution in [3.8, 4) is 0 Å². The highest BCUT2D eigenvalue weighted by atomic mass is 16.5. The Morgan fingerprint density at radius 3 is 1.86 bits per heavy atom. The molecule has 0 N–H and O–H groups in total. The fourth-order valence-electron chi connectivity index (χ4n) is 4.11. The summed E-state index contributed by atoms with van der Waals surface area (Å²) in [5.41, 5.74) is 4.94. The molecular weight excluding hydrogens is 267 g/mol. The summed E-state index contributed by atoms with van der Waals surface area (Å²) in [5, 5.41) is 0.176. The summed E-state index contributed by atoms with van der Waals surface area (Å²) in [6.45, 7) is 18.8. The van der Waals surface area contributed by atoms with Crippen molar-refractivity contribution in [2.24, 2.45) is 0 Å². The molecule has 1 heterocycles. The van der Waals surface area contributed by atoms with Crippen molar-refractivity contribution in [3.63, 3.8) is 0 Å². The van der Waals surface area contributed by atoms with E-state index in [1.54, 1.807) is 0 Å². The van der Waals surface area contributed by atoms with Crippen LogP contribution in [-0.2, 0) is 15.5 Å². The largest absolute Gasteiger partial charge is 0.425 e. The van der Waals surface area contributed by atoms with E-state index < -0.39 is 0 Å². The molecule has 1 aromatic carbocycles. The third kappa shape index (κ3) is 2.10. The zero-order valence-corrected chi connectivity index (χ0v) is 15.6.